The lowest BCUT2D eigenvalue weighted by molar-refractivity contribution is -0.193. The number of carboxylic acids is 3. The van der Waals surface area contributed by atoms with Crippen molar-refractivity contribution in [3.8, 4) is 5.75 Å². The third kappa shape index (κ3) is 14.4. The van der Waals surface area contributed by atoms with Gasteiger partial charge in [0, 0.05) is 48.4 Å². The summed E-state index contributed by atoms with van der Waals surface area (Å²) >= 11 is 0. The number of hydrogen-bond acceptors (Lipinski definition) is 11. The highest BCUT2D eigenvalue weighted by atomic mass is 19.4. The molecule has 0 unspecified atom stereocenters. The average Bonchev–Trinajstić information content (AvgIpc) is 3.14. The number of aromatic nitrogens is 1. The first-order valence-corrected chi connectivity index (χ1v) is 16.5. The first-order valence-electron chi connectivity index (χ1n) is 16.5. The summed E-state index contributed by atoms with van der Waals surface area (Å²) in [5.41, 5.74) is 1.44. The number of fused-ring (bicyclic) bond motifs is 1. The molecule has 2 saturated heterocycles. The van der Waals surface area contributed by atoms with E-state index in [1.165, 1.54) is 0 Å². The summed E-state index contributed by atoms with van der Waals surface area (Å²) in [6, 6.07) is 15.6. The van der Waals surface area contributed by atoms with Crippen molar-refractivity contribution in [3.05, 3.63) is 71.4 Å². The van der Waals surface area contributed by atoms with E-state index in [0.717, 1.165) is 22.2 Å². The molecule has 17 nitrogen and oxygen atoms in total. The number of halogens is 9. The Balaban J connectivity index is 0.000000485. The van der Waals surface area contributed by atoms with Crippen molar-refractivity contribution in [2.75, 3.05) is 39.8 Å². The first-order chi connectivity index (χ1) is 27.6. The summed E-state index contributed by atoms with van der Waals surface area (Å²) < 4.78 is 101. The maximum atomic E-state index is 13.0. The minimum atomic E-state index is -5.08. The van der Waals surface area contributed by atoms with E-state index in [2.05, 4.69) is 25.8 Å². The molecule has 60 heavy (non-hydrogen) atoms. The van der Waals surface area contributed by atoms with Crippen LogP contribution in [0.25, 0.3) is 10.9 Å². The molecule has 2 fully saturated rings. The Morgan fingerprint density at radius 3 is 1.67 bits per heavy atom. The second-order valence-corrected chi connectivity index (χ2v) is 12.2. The molecule has 5 amide bonds. The lowest BCUT2D eigenvalue weighted by atomic mass is 9.91. The summed E-state index contributed by atoms with van der Waals surface area (Å²) in [5, 5.41) is 29.5. The maximum Gasteiger partial charge on any atom is 0.490 e. The third-order valence-corrected chi connectivity index (χ3v) is 7.92. The maximum absolute atomic E-state index is 13.0. The molecule has 6 N–H and O–H groups in total. The molecule has 5 rings (SSSR count). The number of nitrogens with one attached hydrogen (secondary N) is 3. The number of para-hydroxylation sites is 1. The van der Waals surface area contributed by atoms with E-state index < -0.39 is 65.7 Å². The molecule has 0 bridgehead atoms. The van der Waals surface area contributed by atoms with Crippen molar-refractivity contribution in [2.45, 2.75) is 37.6 Å². The number of urea groups is 1. The van der Waals surface area contributed by atoms with Gasteiger partial charge in [-0.15, -0.1) is 0 Å². The first kappa shape index (κ1) is 49.6. The molecule has 0 spiro atoms. The van der Waals surface area contributed by atoms with E-state index in [0.29, 0.717) is 44.1 Å². The van der Waals surface area contributed by atoms with Gasteiger partial charge in [0.15, 0.2) is 5.54 Å². The molecular formula is C34H33F9N6O11. The number of aryl methyl sites for hydroxylation is 1. The van der Waals surface area contributed by atoms with Crippen LogP contribution in [-0.4, -0.2) is 136 Å². The molecular weight excluding hydrogens is 839 g/mol. The van der Waals surface area contributed by atoms with E-state index in [4.69, 9.17) is 34.4 Å². The fraction of sp³-hybridized carbons (Fsp3) is 0.353. The number of barbiturate groups is 1. The number of nitrogens with zero attached hydrogens (tertiary/aromatic N) is 3. The van der Waals surface area contributed by atoms with Gasteiger partial charge < -0.3 is 30.3 Å². The monoisotopic (exact) mass is 872 g/mol. The van der Waals surface area contributed by atoms with Crippen LogP contribution in [0.5, 0.6) is 5.75 Å². The largest absolute Gasteiger partial charge is 0.490 e. The number of rotatable bonds is 7. The van der Waals surface area contributed by atoms with Crippen LogP contribution in [-0.2, 0) is 30.6 Å². The van der Waals surface area contributed by atoms with E-state index in [1.54, 1.807) is 29.2 Å². The Kier molecular flexibility index (Phi) is 16.9. The zero-order valence-electron chi connectivity index (χ0n) is 30.8. The normalized spacial score (nSPS) is 15.6. The highest BCUT2D eigenvalue weighted by Crippen LogP contribution is 2.23. The van der Waals surface area contributed by atoms with E-state index in [1.807, 2.05) is 44.3 Å². The second-order valence-electron chi connectivity index (χ2n) is 12.2. The van der Waals surface area contributed by atoms with Crippen molar-refractivity contribution in [1.29, 1.82) is 0 Å². The number of hydrogen-bond donors (Lipinski definition) is 6. The average molecular weight is 873 g/mol. The second kappa shape index (κ2) is 20.4. The van der Waals surface area contributed by atoms with Crippen molar-refractivity contribution in [2.24, 2.45) is 0 Å². The SMILES string of the molecule is Cc1cc(COc2ccc(C(=O)NCC3(N4CCN(C)CC4)C(=O)NC(=O)NC3=O)cc2)c2ccccc2n1.O=C(O)C(F)(F)F.O=C(O)C(F)(F)F.O=C(O)C(F)(F)F. The number of carboxylic acid groups (broad SMARTS) is 3. The quantitative estimate of drug-likeness (QED) is 0.148. The molecule has 328 valence electrons. The van der Waals surface area contributed by atoms with Gasteiger partial charge in [0.1, 0.15) is 12.4 Å². The lowest BCUT2D eigenvalue weighted by Crippen LogP contribution is -2.77. The van der Waals surface area contributed by atoms with Gasteiger partial charge in [-0.05, 0) is 50.4 Å². The van der Waals surface area contributed by atoms with E-state index in [-0.39, 0.29) is 6.54 Å². The summed E-state index contributed by atoms with van der Waals surface area (Å²) in [6.45, 7) is 4.13. The van der Waals surface area contributed by atoms with Gasteiger partial charge in [-0.1, -0.05) is 18.2 Å². The molecule has 1 aromatic heterocycles. The molecule has 26 heteroatoms. The van der Waals surface area contributed by atoms with Crippen molar-refractivity contribution < 1.29 is 93.1 Å². The number of ether oxygens (including phenoxy) is 1. The fourth-order valence-electron chi connectivity index (χ4n) is 4.98. The molecule has 2 aromatic carbocycles. The Bertz CT molecular complexity index is 1980. The van der Waals surface area contributed by atoms with Crippen molar-refractivity contribution in [1.82, 2.24) is 30.7 Å². The molecule has 0 atom stereocenters. The van der Waals surface area contributed by atoms with Crippen LogP contribution in [0.2, 0.25) is 0 Å². The number of benzene rings is 2. The van der Waals surface area contributed by atoms with Crippen LogP contribution in [0.1, 0.15) is 21.6 Å². The minimum Gasteiger partial charge on any atom is -0.489 e. The predicted octanol–water partition coefficient (Wildman–Crippen LogP) is 3.10. The lowest BCUT2D eigenvalue weighted by Gasteiger charge is -2.45. The molecule has 3 aromatic rings. The van der Waals surface area contributed by atoms with Crippen LogP contribution in [0.3, 0.4) is 0 Å². The van der Waals surface area contributed by atoms with Gasteiger partial charge >= 0.3 is 42.5 Å². The highest BCUT2D eigenvalue weighted by Gasteiger charge is 2.55. The molecule has 2 aliphatic rings. The Morgan fingerprint density at radius 1 is 0.767 bits per heavy atom. The molecule has 3 heterocycles. The van der Waals surface area contributed by atoms with Gasteiger partial charge in [0.2, 0.25) is 0 Å². The van der Waals surface area contributed by atoms with Gasteiger partial charge in [0.25, 0.3) is 17.7 Å². The van der Waals surface area contributed by atoms with Gasteiger partial charge in [-0.3, -0.25) is 34.9 Å². The summed E-state index contributed by atoms with van der Waals surface area (Å²) in [7, 11) is 1.95. The van der Waals surface area contributed by atoms with Gasteiger partial charge in [0.05, 0.1) is 12.1 Å². The molecule has 0 saturated carbocycles. The predicted molar refractivity (Wildman–Crippen MR) is 184 cm³/mol. The Hall–Kier alpha value is -6.57. The zero-order valence-corrected chi connectivity index (χ0v) is 30.8. The van der Waals surface area contributed by atoms with Crippen LogP contribution in [0.4, 0.5) is 44.3 Å². The number of likely N-dealkylation sites (N-methyl/N-ethyl adjacent to an activating group) is 1. The van der Waals surface area contributed by atoms with E-state index >= 15 is 0 Å². The zero-order chi connectivity index (χ0) is 45.8. The number of imide groups is 2. The number of carbonyl (C=O) groups excluding carboxylic acids is 4. The number of amides is 5. The van der Waals surface area contributed by atoms with Crippen LogP contribution in [0.15, 0.2) is 54.6 Å². The van der Waals surface area contributed by atoms with Gasteiger partial charge in [-0.2, -0.15) is 39.5 Å². The summed E-state index contributed by atoms with van der Waals surface area (Å²) in [6.07, 6.45) is -15.3. The molecule has 0 radical (unpaired) electrons. The smallest absolute Gasteiger partial charge is 0.489 e. The standard InChI is InChI=1S/C28H30N6O5.3C2HF3O2/c1-18-15-20(22-5-3-4-6-23(22)30-18)16-39-21-9-7-19(8-10-21)24(35)29-17-28(34-13-11-33(2)12-14-34)25(36)31-27(38)32-26(28)37;3*3-2(4,5)1(6)7/h3-10,15H,11-14,16-17H2,1-2H3,(H,29,35)(H2,31,32,36,37,38);3*(H,6,7). The number of carbonyl (C=O) groups is 7. The fourth-order valence-corrected chi connectivity index (χ4v) is 4.98. The molecule has 2 aliphatic heterocycles. The van der Waals surface area contributed by atoms with Crippen LogP contribution in [0, 0.1) is 6.92 Å². The van der Waals surface area contributed by atoms with Crippen LogP contribution >= 0.6 is 0 Å². The summed E-state index contributed by atoms with van der Waals surface area (Å²) in [5.74, 6) is -9.63. The minimum absolute atomic E-state index is 0.285. The number of pyridine rings is 1. The highest BCUT2D eigenvalue weighted by molar-refractivity contribution is 6.23. The number of alkyl halides is 9. The van der Waals surface area contributed by atoms with Crippen molar-refractivity contribution >= 4 is 52.6 Å². The Morgan fingerprint density at radius 2 is 1.22 bits per heavy atom. The Labute approximate surface area is 331 Å². The molecule has 0 aliphatic carbocycles. The third-order valence-electron chi connectivity index (χ3n) is 7.92. The number of piperazine rings is 1. The number of aliphatic carboxylic acids is 3. The van der Waals surface area contributed by atoms with E-state index in [9.17, 15) is 58.7 Å². The van der Waals surface area contributed by atoms with Crippen LogP contribution < -0.4 is 20.7 Å². The topological polar surface area (TPSA) is 245 Å². The summed E-state index contributed by atoms with van der Waals surface area (Å²) in [4.78, 5) is 85.7. The van der Waals surface area contributed by atoms with Gasteiger partial charge in [-0.25, -0.2) is 19.2 Å². The van der Waals surface area contributed by atoms with Crippen molar-refractivity contribution in [3.63, 3.8) is 0 Å².